The largest absolute Gasteiger partial charge is 0.393 e. The molecule has 1 N–H and O–H groups in total. The maximum atomic E-state index is 11.5. The molecule has 0 aliphatic heterocycles. The van der Waals surface area contributed by atoms with Crippen molar-refractivity contribution in [2.75, 3.05) is 13.2 Å². The number of ketones is 1. The van der Waals surface area contributed by atoms with Crippen molar-refractivity contribution < 1.29 is 14.6 Å². The van der Waals surface area contributed by atoms with Gasteiger partial charge in [-0.05, 0) is 6.92 Å². The molecule has 0 heterocycles. The standard InChI is InChI=1S/C9H18O3/c1-5-12-7(6-10)8(11)9(2,3)4/h7,10H,5-6H2,1-4H3/t7-/m1/s1. The first kappa shape index (κ1) is 11.6. The first-order valence-corrected chi connectivity index (χ1v) is 4.20. The molecule has 3 heteroatoms. The molecule has 3 nitrogen and oxygen atoms in total. The van der Waals surface area contributed by atoms with Gasteiger partial charge in [-0.15, -0.1) is 0 Å². The highest BCUT2D eigenvalue weighted by Gasteiger charge is 2.29. The third-order valence-corrected chi connectivity index (χ3v) is 1.57. The van der Waals surface area contributed by atoms with Crippen LogP contribution in [0.1, 0.15) is 27.7 Å². The van der Waals surface area contributed by atoms with Crippen molar-refractivity contribution in [3.8, 4) is 0 Å². The van der Waals surface area contributed by atoms with Gasteiger partial charge in [0, 0.05) is 12.0 Å². The molecule has 0 saturated carbocycles. The Morgan fingerprint density at radius 1 is 1.50 bits per heavy atom. The van der Waals surface area contributed by atoms with Gasteiger partial charge in [-0.3, -0.25) is 4.79 Å². The van der Waals surface area contributed by atoms with E-state index in [0.29, 0.717) is 6.61 Å². The van der Waals surface area contributed by atoms with Gasteiger partial charge < -0.3 is 9.84 Å². The average molecular weight is 174 g/mol. The fraction of sp³-hybridized carbons (Fsp3) is 0.889. The van der Waals surface area contributed by atoms with E-state index in [2.05, 4.69) is 0 Å². The summed E-state index contributed by atoms with van der Waals surface area (Å²) < 4.78 is 5.08. The summed E-state index contributed by atoms with van der Waals surface area (Å²) in [4.78, 5) is 11.5. The Balaban J connectivity index is 4.22. The fourth-order valence-corrected chi connectivity index (χ4v) is 0.895. The van der Waals surface area contributed by atoms with Gasteiger partial charge in [0.1, 0.15) is 6.10 Å². The SMILES string of the molecule is CCO[C@H](CO)C(=O)C(C)(C)C. The van der Waals surface area contributed by atoms with Crippen LogP contribution in [-0.4, -0.2) is 30.2 Å². The van der Waals surface area contributed by atoms with E-state index in [1.807, 2.05) is 20.8 Å². The van der Waals surface area contributed by atoms with Gasteiger partial charge in [-0.25, -0.2) is 0 Å². The van der Waals surface area contributed by atoms with Crippen LogP contribution in [0.15, 0.2) is 0 Å². The number of hydrogen-bond donors (Lipinski definition) is 1. The molecule has 0 aliphatic rings. The Morgan fingerprint density at radius 2 is 2.00 bits per heavy atom. The highest BCUT2D eigenvalue weighted by molar-refractivity contribution is 5.87. The molecule has 0 unspecified atom stereocenters. The zero-order valence-electron chi connectivity index (χ0n) is 8.26. The van der Waals surface area contributed by atoms with Crippen molar-refractivity contribution in [1.29, 1.82) is 0 Å². The molecule has 0 aromatic heterocycles. The topological polar surface area (TPSA) is 46.5 Å². The Kier molecular flexibility index (Phi) is 4.42. The van der Waals surface area contributed by atoms with Gasteiger partial charge in [0.25, 0.3) is 0 Å². The summed E-state index contributed by atoms with van der Waals surface area (Å²) in [5, 5.41) is 8.85. The van der Waals surface area contributed by atoms with Crippen molar-refractivity contribution in [2.45, 2.75) is 33.8 Å². The van der Waals surface area contributed by atoms with Crippen LogP contribution in [0, 0.1) is 5.41 Å². The lowest BCUT2D eigenvalue weighted by Crippen LogP contribution is -2.37. The molecule has 1 atom stereocenters. The average Bonchev–Trinajstić information content (AvgIpc) is 1.97. The number of aliphatic hydroxyl groups excluding tert-OH is 1. The molecular weight excluding hydrogens is 156 g/mol. The Labute approximate surface area is 73.7 Å². The number of hydrogen-bond acceptors (Lipinski definition) is 3. The molecule has 0 spiro atoms. The summed E-state index contributed by atoms with van der Waals surface area (Å²) in [6.45, 7) is 7.47. The summed E-state index contributed by atoms with van der Waals surface area (Å²) in [6, 6.07) is 0. The van der Waals surface area contributed by atoms with Crippen LogP contribution < -0.4 is 0 Å². The third-order valence-electron chi connectivity index (χ3n) is 1.57. The molecule has 0 aliphatic carbocycles. The van der Waals surface area contributed by atoms with Crippen LogP contribution in [-0.2, 0) is 9.53 Å². The number of carbonyl (C=O) groups is 1. The van der Waals surface area contributed by atoms with E-state index in [9.17, 15) is 4.79 Å². The third kappa shape index (κ3) is 3.32. The minimum Gasteiger partial charge on any atom is -0.393 e. The second kappa shape index (κ2) is 4.58. The molecule has 0 fully saturated rings. The highest BCUT2D eigenvalue weighted by atomic mass is 16.5. The van der Waals surface area contributed by atoms with Crippen molar-refractivity contribution in [3.63, 3.8) is 0 Å². The van der Waals surface area contributed by atoms with Crippen LogP contribution in [0.25, 0.3) is 0 Å². The molecule has 12 heavy (non-hydrogen) atoms. The summed E-state index contributed by atoms with van der Waals surface area (Å²) in [5.74, 6) is -0.0492. The van der Waals surface area contributed by atoms with E-state index < -0.39 is 11.5 Å². The van der Waals surface area contributed by atoms with Crippen molar-refractivity contribution in [3.05, 3.63) is 0 Å². The maximum Gasteiger partial charge on any atom is 0.169 e. The minimum absolute atomic E-state index is 0.0492. The molecule has 0 bridgehead atoms. The number of rotatable bonds is 4. The maximum absolute atomic E-state index is 11.5. The van der Waals surface area contributed by atoms with E-state index in [1.54, 1.807) is 6.92 Å². The molecule has 0 aromatic rings. The summed E-state index contributed by atoms with van der Waals surface area (Å²) >= 11 is 0. The molecule has 0 amide bonds. The number of carbonyl (C=O) groups excluding carboxylic acids is 1. The van der Waals surface area contributed by atoms with Gasteiger partial charge in [0.15, 0.2) is 5.78 Å². The van der Waals surface area contributed by atoms with Gasteiger partial charge >= 0.3 is 0 Å². The quantitative estimate of drug-likeness (QED) is 0.691. The first-order valence-electron chi connectivity index (χ1n) is 4.20. The lowest BCUT2D eigenvalue weighted by molar-refractivity contribution is -0.140. The van der Waals surface area contributed by atoms with Crippen molar-refractivity contribution >= 4 is 5.78 Å². The predicted molar refractivity (Wildman–Crippen MR) is 47.0 cm³/mol. The summed E-state index contributed by atoms with van der Waals surface area (Å²) in [5.41, 5.74) is -0.442. The first-order chi connectivity index (χ1) is 5.43. The second-order valence-corrected chi connectivity index (χ2v) is 3.74. The van der Waals surface area contributed by atoms with E-state index in [0.717, 1.165) is 0 Å². The lowest BCUT2D eigenvalue weighted by Gasteiger charge is -2.22. The number of aliphatic hydroxyl groups is 1. The molecule has 72 valence electrons. The van der Waals surface area contributed by atoms with E-state index in [-0.39, 0.29) is 12.4 Å². The van der Waals surface area contributed by atoms with Crippen molar-refractivity contribution in [1.82, 2.24) is 0 Å². The van der Waals surface area contributed by atoms with Gasteiger partial charge in [0.2, 0.25) is 0 Å². The zero-order chi connectivity index (χ0) is 9.78. The van der Waals surface area contributed by atoms with Crippen LogP contribution >= 0.6 is 0 Å². The Morgan fingerprint density at radius 3 is 2.25 bits per heavy atom. The van der Waals surface area contributed by atoms with Gasteiger partial charge in [0.05, 0.1) is 6.61 Å². The fourth-order valence-electron chi connectivity index (χ4n) is 0.895. The summed E-state index contributed by atoms with van der Waals surface area (Å²) in [6.07, 6.45) is -0.657. The predicted octanol–water partition coefficient (Wildman–Crippen LogP) is 0.999. The molecule has 0 radical (unpaired) electrons. The monoisotopic (exact) mass is 174 g/mol. The number of ether oxygens (including phenoxy) is 1. The molecule has 0 rings (SSSR count). The van der Waals surface area contributed by atoms with E-state index >= 15 is 0 Å². The van der Waals surface area contributed by atoms with Crippen LogP contribution in [0.3, 0.4) is 0 Å². The normalized spacial score (nSPS) is 14.4. The van der Waals surface area contributed by atoms with Crippen molar-refractivity contribution in [2.24, 2.45) is 5.41 Å². The van der Waals surface area contributed by atoms with E-state index in [1.165, 1.54) is 0 Å². The zero-order valence-corrected chi connectivity index (χ0v) is 8.26. The van der Waals surface area contributed by atoms with Crippen LogP contribution in [0.4, 0.5) is 0 Å². The Bertz CT molecular complexity index is 146. The highest BCUT2D eigenvalue weighted by Crippen LogP contribution is 2.18. The molecule has 0 aromatic carbocycles. The smallest absolute Gasteiger partial charge is 0.169 e. The minimum atomic E-state index is -0.657. The lowest BCUT2D eigenvalue weighted by atomic mass is 9.88. The van der Waals surface area contributed by atoms with Crippen LogP contribution in [0.2, 0.25) is 0 Å². The van der Waals surface area contributed by atoms with Crippen LogP contribution in [0.5, 0.6) is 0 Å². The van der Waals surface area contributed by atoms with Gasteiger partial charge in [-0.2, -0.15) is 0 Å². The second-order valence-electron chi connectivity index (χ2n) is 3.74. The van der Waals surface area contributed by atoms with Gasteiger partial charge in [-0.1, -0.05) is 20.8 Å². The number of Topliss-reactive ketones (excluding diaryl/α,β-unsaturated/α-hetero) is 1. The molecular formula is C9H18O3. The Hall–Kier alpha value is -0.410. The summed E-state index contributed by atoms with van der Waals surface area (Å²) in [7, 11) is 0. The van der Waals surface area contributed by atoms with E-state index in [4.69, 9.17) is 9.84 Å². The molecule has 0 saturated heterocycles.